The summed E-state index contributed by atoms with van der Waals surface area (Å²) in [5.41, 5.74) is -0.220. The minimum absolute atomic E-state index is 0.119. The van der Waals surface area contributed by atoms with Gasteiger partial charge in [0, 0.05) is 31.3 Å². The number of aromatic nitrogens is 2. The fourth-order valence-corrected chi connectivity index (χ4v) is 1.84. The van der Waals surface area contributed by atoms with Gasteiger partial charge in [0.1, 0.15) is 0 Å². The number of hydrogen-bond acceptors (Lipinski definition) is 5. The molecular formula is C13H19N3O5. The molecule has 8 nitrogen and oxygen atoms in total. The normalized spacial score (nSPS) is 10.2. The van der Waals surface area contributed by atoms with Crippen LogP contribution < -0.4 is 11.2 Å². The molecule has 0 saturated heterocycles. The van der Waals surface area contributed by atoms with Crippen LogP contribution in [0.5, 0.6) is 0 Å². The Kier molecular flexibility index (Phi) is 5.89. The Morgan fingerprint density at radius 3 is 2.43 bits per heavy atom. The molecule has 8 heteroatoms. The van der Waals surface area contributed by atoms with Gasteiger partial charge in [-0.05, 0) is 13.3 Å². The topological polar surface area (TPSA) is 112 Å². The third-order valence-electron chi connectivity index (χ3n) is 3.15. The van der Waals surface area contributed by atoms with Crippen molar-refractivity contribution in [2.45, 2.75) is 26.2 Å². The molecular weight excluding hydrogens is 278 g/mol. The van der Waals surface area contributed by atoms with Crippen molar-refractivity contribution in [2.75, 3.05) is 20.7 Å². The van der Waals surface area contributed by atoms with Crippen LogP contribution >= 0.6 is 0 Å². The lowest BCUT2D eigenvalue weighted by molar-refractivity contribution is -0.141. The van der Waals surface area contributed by atoms with Crippen molar-refractivity contribution in [1.82, 2.24) is 14.9 Å². The van der Waals surface area contributed by atoms with Crippen LogP contribution in [0.2, 0.25) is 0 Å². The molecule has 0 aliphatic heterocycles. The van der Waals surface area contributed by atoms with Gasteiger partial charge in [-0.1, -0.05) is 0 Å². The van der Waals surface area contributed by atoms with Crippen molar-refractivity contribution in [3.63, 3.8) is 0 Å². The third-order valence-corrected chi connectivity index (χ3v) is 3.15. The van der Waals surface area contributed by atoms with Crippen molar-refractivity contribution in [3.05, 3.63) is 32.1 Å². The second-order valence-corrected chi connectivity index (χ2v) is 4.65. The van der Waals surface area contributed by atoms with Crippen molar-refractivity contribution in [1.29, 1.82) is 0 Å². The summed E-state index contributed by atoms with van der Waals surface area (Å²) in [6.07, 6.45) is 0.462. The fourth-order valence-electron chi connectivity index (χ4n) is 1.84. The molecule has 0 aliphatic rings. The van der Waals surface area contributed by atoms with Gasteiger partial charge < -0.3 is 14.6 Å². The summed E-state index contributed by atoms with van der Waals surface area (Å²) >= 11 is 0. The maximum absolute atomic E-state index is 11.9. The highest BCUT2D eigenvalue weighted by Gasteiger charge is 2.13. The number of amides is 1. The highest BCUT2D eigenvalue weighted by atomic mass is 16.5. The zero-order valence-corrected chi connectivity index (χ0v) is 12.3. The lowest BCUT2D eigenvalue weighted by Crippen LogP contribution is -2.31. The van der Waals surface area contributed by atoms with Gasteiger partial charge >= 0.3 is 11.7 Å². The second-order valence-electron chi connectivity index (χ2n) is 4.65. The molecule has 2 N–H and O–H groups in total. The number of aryl methyl sites for hydroxylation is 1. The molecule has 1 aromatic rings. The van der Waals surface area contributed by atoms with E-state index in [2.05, 4.69) is 14.7 Å². The Labute approximate surface area is 121 Å². The van der Waals surface area contributed by atoms with Gasteiger partial charge in [0.25, 0.3) is 5.56 Å². The molecule has 1 rings (SSSR count). The molecule has 0 saturated carbocycles. The Balaban J connectivity index is 2.59. The van der Waals surface area contributed by atoms with Crippen LogP contribution in [0.1, 0.15) is 24.1 Å². The number of esters is 1. The largest absolute Gasteiger partial charge is 0.469 e. The van der Waals surface area contributed by atoms with Crippen LogP contribution in [0.3, 0.4) is 0 Å². The molecule has 0 fully saturated rings. The average Bonchev–Trinajstić information content (AvgIpc) is 2.42. The first-order valence-corrected chi connectivity index (χ1v) is 6.48. The van der Waals surface area contributed by atoms with E-state index in [1.807, 2.05) is 0 Å². The molecule has 0 aromatic carbocycles. The molecule has 1 amide bonds. The summed E-state index contributed by atoms with van der Waals surface area (Å²) in [6.45, 7) is 1.86. The zero-order valence-electron chi connectivity index (χ0n) is 12.3. The monoisotopic (exact) mass is 297 g/mol. The minimum Gasteiger partial charge on any atom is -0.469 e. The standard InChI is InChI=1S/C13H19N3O5/c1-8-9(12(19)15-13(20)14-8)4-5-10(17)16(2)7-6-11(18)21-3/h4-7H2,1-3H3,(H2,14,15,19,20). The number of carbonyl (C=O) groups is 2. The summed E-state index contributed by atoms with van der Waals surface area (Å²) < 4.78 is 4.50. The number of carbonyl (C=O) groups excluding carboxylic acids is 2. The summed E-state index contributed by atoms with van der Waals surface area (Å²) in [6, 6.07) is 0. The Morgan fingerprint density at radius 2 is 1.86 bits per heavy atom. The quantitative estimate of drug-likeness (QED) is 0.676. The summed E-state index contributed by atoms with van der Waals surface area (Å²) in [7, 11) is 2.87. The lowest BCUT2D eigenvalue weighted by Gasteiger charge is -2.16. The second kappa shape index (κ2) is 7.41. The smallest absolute Gasteiger partial charge is 0.325 e. The van der Waals surface area contributed by atoms with Crippen molar-refractivity contribution < 1.29 is 14.3 Å². The van der Waals surface area contributed by atoms with Crippen LogP contribution in [0.25, 0.3) is 0 Å². The molecule has 0 aliphatic carbocycles. The number of hydrogen-bond donors (Lipinski definition) is 2. The fraction of sp³-hybridized carbons (Fsp3) is 0.538. The van der Waals surface area contributed by atoms with Crippen LogP contribution in [0, 0.1) is 6.92 Å². The van der Waals surface area contributed by atoms with Crippen LogP contribution in [0.4, 0.5) is 0 Å². The van der Waals surface area contributed by atoms with E-state index in [1.54, 1.807) is 14.0 Å². The first kappa shape index (κ1) is 16.7. The van der Waals surface area contributed by atoms with Gasteiger partial charge in [-0.15, -0.1) is 0 Å². The SMILES string of the molecule is COC(=O)CCN(C)C(=O)CCc1c(C)[nH]c(=O)[nH]c1=O. The molecule has 0 radical (unpaired) electrons. The number of nitrogens with one attached hydrogen (secondary N) is 2. The van der Waals surface area contributed by atoms with Gasteiger partial charge in [0.2, 0.25) is 5.91 Å². The van der Waals surface area contributed by atoms with E-state index < -0.39 is 11.2 Å². The van der Waals surface area contributed by atoms with E-state index in [0.29, 0.717) is 11.3 Å². The zero-order chi connectivity index (χ0) is 16.0. The summed E-state index contributed by atoms with van der Waals surface area (Å²) in [4.78, 5) is 51.6. The van der Waals surface area contributed by atoms with Gasteiger partial charge in [-0.25, -0.2) is 4.79 Å². The van der Waals surface area contributed by atoms with Crippen LogP contribution in [0.15, 0.2) is 9.59 Å². The first-order chi connectivity index (χ1) is 9.85. The lowest BCUT2D eigenvalue weighted by atomic mass is 10.1. The van der Waals surface area contributed by atoms with Gasteiger partial charge in [0.05, 0.1) is 13.5 Å². The number of H-pyrrole nitrogens is 2. The van der Waals surface area contributed by atoms with Crippen LogP contribution in [-0.2, 0) is 20.7 Å². The minimum atomic E-state index is -0.567. The number of nitrogens with zero attached hydrogens (tertiary/aromatic N) is 1. The van der Waals surface area contributed by atoms with Crippen molar-refractivity contribution in [3.8, 4) is 0 Å². The molecule has 0 atom stereocenters. The van der Waals surface area contributed by atoms with E-state index in [0.717, 1.165) is 0 Å². The predicted octanol–water partition coefficient (Wildman–Crippen LogP) is -0.674. The van der Waals surface area contributed by atoms with Crippen molar-refractivity contribution in [2.24, 2.45) is 0 Å². The molecule has 0 unspecified atom stereocenters. The number of rotatable bonds is 6. The number of methoxy groups -OCH3 is 1. The first-order valence-electron chi connectivity index (χ1n) is 6.48. The maximum atomic E-state index is 11.9. The highest BCUT2D eigenvalue weighted by molar-refractivity contribution is 5.77. The van der Waals surface area contributed by atoms with Gasteiger partial charge in [-0.3, -0.25) is 19.4 Å². The van der Waals surface area contributed by atoms with E-state index in [9.17, 15) is 19.2 Å². The van der Waals surface area contributed by atoms with E-state index in [1.165, 1.54) is 12.0 Å². The molecule has 0 bridgehead atoms. The van der Waals surface area contributed by atoms with Crippen LogP contribution in [-0.4, -0.2) is 47.4 Å². The third kappa shape index (κ3) is 4.90. The average molecular weight is 297 g/mol. The molecule has 1 aromatic heterocycles. The Morgan fingerprint density at radius 1 is 1.19 bits per heavy atom. The van der Waals surface area contributed by atoms with E-state index >= 15 is 0 Å². The summed E-state index contributed by atoms with van der Waals surface area (Å²) in [5, 5.41) is 0. The van der Waals surface area contributed by atoms with E-state index in [-0.39, 0.29) is 37.7 Å². The Bertz CT molecular complexity index is 631. The highest BCUT2D eigenvalue weighted by Crippen LogP contribution is 2.03. The number of aromatic amines is 2. The molecule has 1 heterocycles. The van der Waals surface area contributed by atoms with E-state index in [4.69, 9.17) is 0 Å². The van der Waals surface area contributed by atoms with Crippen molar-refractivity contribution >= 4 is 11.9 Å². The molecule has 0 spiro atoms. The maximum Gasteiger partial charge on any atom is 0.325 e. The van der Waals surface area contributed by atoms with Gasteiger partial charge in [-0.2, -0.15) is 0 Å². The Hall–Kier alpha value is -2.38. The number of ether oxygens (including phenoxy) is 1. The molecule has 21 heavy (non-hydrogen) atoms. The summed E-state index contributed by atoms with van der Waals surface area (Å²) in [5.74, 6) is -0.577. The van der Waals surface area contributed by atoms with Gasteiger partial charge in [0.15, 0.2) is 0 Å². The predicted molar refractivity (Wildman–Crippen MR) is 75.0 cm³/mol. The molecule has 116 valence electrons.